The van der Waals surface area contributed by atoms with Crippen LogP contribution in [0, 0.1) is 5.82 Å². The Kier molecular flexibility index (Phi) is 9.45. The van der Waals surface area contributed by atoms with Gasteiger partial charge in [0.15, 0.2) is 11.6 Å². The van der Waals surface area contributed by atoms with Crippen molar-refractivity contribution in [1.82, 2.24) is 5.32 Å². The number of amides is 1. The molecule has 0 saturated heterocycles. The van der Waals surface area contributed by atoms with Crippen LogP contribution in [0.15, 0.2) is 60.7 Å². The van der Waals surface area contributed by atoms with E-state index < -0.39 is 17.3 Å². The molecule has 4 N–H and O–H groups in total. The maximum Gasteiger partial charge on any atom is 0.249 e. The maximum atomic E-state index is 15.7. The number of carbonyl (C=O) groups excluding carboxylic acids is 1. The topological polar surface area (TPSA) is 93.8 Å². The number of primary amides is 1. The number of aliphatic hydroxyl groups is 1. The van der Waals surface area contributed by atoms with E-state index in [9.17, 15) is 9.90 Å². The van der Waals surface area contributed by atoms with Crippen molar-refractivity contribution >= 4 is 17.5 Å². The molecule has 0 bridgehead atoms. The van der Waals surface area contributed by atoms with Gasteiger partial charge < -0.3 is 25.6 Å². The zero-order valence-corrected chi connectivity index (χ0v) is 21.4. The Morgan fingerprint density at radius 3 is 2.47 bits per heavy atom. The van der Waals surface area contributed by atoms with E-state index >= 15 is 4.39 Å². The fourth-order valence-corrected chi connectivity index (χ4v) is 4.17. The Hall–Kier alpha value is -2.97. The van der Waals surface area contributed by atoms with Crippen LogP contribution >= 0.6 is 11.6 Å². The lowest BCUT2D eigenvalue weighted by atomic mass is 9.88. The average molecular weight is 515 g/mol. The molecule has 6 nitrogen and oxygen atoms in total. The zero-order chi connectivity index (χ0) is 26.3. The van der Waals surface area contributed by atoms with Crippen LogP contribution in [0.2, 0.25) is 5.02 Å². The van der Waals surface area contributed by atoms with Gasteiger partial charge in [-0.15, -0.1) is 0 Å². The molecule has 36 heavy (non-hydrogen) atoms. The number of carbonyl (C=O) groups is 1. The highest BCUT2D eigenvalue weighted by molar-refractivity contribution is 6.33. The third-order valence-electron chi connectivity index (χ3n) is 5.69. The number of hydrogen-bond acceptors (Lipinski definition) is 5. The van der Waals surface area contributed by atoms with Crippen molar-refractivity contribution < 1.29 is 23.8 Å². The van der Waals surface area contributed by atoms with Gasteiger partial charge in [-0.3, -0.25) is 4.79 Å². The summed E-state index contributed by atoms with van der Waals surface area (Å²) in [7, 11) is 1.52. The summed E-state index contributed by atoms with van der Waals surface area (Å²) in [5, 5.41) is 13.7. The number of rotatable bonds is 12. The summed E-state index contributed by atoms with van der Waals surface area (Å²) in [5.74, 6) is -1.66. The highest BCUT2D eigenvalue weighted by atomic mass is 35.5. The third-order valence-corrected chi connectivity index (χ3v) is 6.02. The van der Waals surface area contributed by atoms with E-state index in [0.717, 1.165) is 11.1 Å². The van der Waals surface area contributed by atoms with Gasteiger partial charge in [-0.1, -0.05) is 48.0 Å². The Bertz CT molecular complexity index is 1180. The number of ether oxygens (including phenoxy) is 2. The van der Waals surface area contributed by atoms with Crippen molar-refractivity contribution in [3.8, 4) is 16.9 Å². The SMILES string of the molecule is COCCOc1ccc(C(N)=O)c(-c2cc(C(CNCC(C)(C)O)c3ccccc3)ccc2Cl)c1F. The van der Waals surface area contributed by atoms with Crippen molar-refractivity contribution in [1.29, 1.82) is 0 Å². The molecule has 0 saturated carbocycles. The second-order valence-corrected chi connectivity index (χ2v) is 9.56. The first-order valence-electron chi connectivity index (χ1n) is 11.6. The van der Waals surface area contributed by atoms with Crippen molar-refractivity contribution in [3.63, 3.8) is 0 Å². The molecule has 0 aromatic heterocycles. The minimum Gasteiger partial charge on any atom is -0.488 e. The highest BCUT2D eigenvalue weighted by Crippen LogP contribution is 2.39. The van der Waals surface area contributed by atoms with Crippen LogP contribution in [0.1, 0.15) is 41.3 Å². The van der Waals surface area contributed by atoms with Gasteiger partial charge in [0.25, 0.3) is 0 Å². The van der Waals surface area contributed by atoms with Gasteiger partial charge in [0.1, 0.15) is 6.61 Å². The Balaban J connectivity index is 2.09. The minimum absolute atomic E-state index is 0.00191. The predicted octanol–water partition coefficient (Wildman–Crippen LogP) is 4.76. The molecule has 3 aromatic rings. The zero-order valence-electron chi connectivity index (χ0n) is 20.7. The van der Waals surface area contributed by atoms with E-state index in [-0.39, 0.29) is 41.0 Å². The molecule has 0 radical (unpaired) electrons. The summed E-state index contributed by atoms with van der Waals surface area (Å²) in [6.07, 6.45) is 0. The fourth-order valence-electron chi connectivity index (χ4n) is 3.96. The molecule has 8 heteroatoms. The van der Waals surface area contributed by atoms with E-state index in [1.54, 1.807) is 26.0 Å². The highest BCUT2D eigenvalue weighted by Gasteiger charge is 2.24. The Morgan fingerprint density at radius 2 is 1.83 bits per heavy atom. The van der Waals surface area contributed by atoms with Crippen LogP contribution in [-0.4, -0.2) is 50.0 Å². The number of halogens is 2. The van der Waals surface area contributed by atoms with Crippen molar-refractivity contribution in [2.45, 2.75) is 25.4 Å². The molecule has 0 aliphatic heterocycles. The van der Waals surface area contributed by atoms with E-state index in [1.807, 2.05) is 36.4 Å². The van der Waals surface area contributed by atoms with Gasteiger partial charge in [-0.2, -0.15) is 0 Å². The van der Waals surface area contributed by atoms with Gasteiger partial charge in [0.2, 0.25) is 5.91 Å². The second kappa shape index (κ2) is 12.3. The predicted molar refractivity (Wildman–Crippen MR) is 140 cm³/mol. The molecule has 3 aromatic carbocycles. The lowest BCUT2D eigenvalue weighted by Gasteiger charge is -2.24. The monoisotopic (exact) mass is 514 g/mol. The normalized spacial score (nSPS) is 12.4. The molecule has 0 heterocycles. The van der Waals surface area contributed by atoms with E-state index in [2.05, 4.69) is 5.32 Å². The summed E-state index contributed by atoms with van der Waals surface area (Å²) in [4.78, 5) is 12.2. The van der Waals surface area contributed by atoms with Crippen LogP contribution in [0.3, 0.4) is 0 Å². The third kappa shape index (κ3) is 7.04. The van der Waals surface area contributed by atoms with Gasteiger partial charge >= 0.3 is 0 Å². The van der Waals surface area contributed by atoms with Crippen LogP contribution in [0.5, 0.6) is 5.75 Å². The molecule has 1 amide bonds. The summed E-state index contributed by atoms with van der Waals surface area (Å²) < 4.78 is 26.2. The molecule has 192 valence electrons. The molecular weight excluding hydrogens is 483 g/mol. The molecule has 1 atom stereocenters. The van der Waals surface area contributed by atoms with E-state index in [1.165, 1.54) is 19.2 Å². The molecule has 0 aliphatic rings. The van der Waals surface area contributed by atoms with Crippen LogP contribution in [0.25, 0.3) is 11.1 Å². The Labute approximate surface area is 216 Å². The minimum atomic E-state index is -0.880. The van der Waals surface area contributed by atoms with Crippen molar-refractivity contribution in [3.05, 3.63) is 88.2 Å². The van der Waals surface area contributed by atoms with Gasteiger partial charge in [-0.25, -0.2) is 4.39 Å². The quantitative estimate of drug-likeness (QED) is 0.303. The standard InChI is InChI=1S/C28H32ClFN2O4/c1-28(2,34)17-32-16-22(18-7-5-4-6-8-18)19-9-11-23(29)21(15-19)25-20(27(31)33)10-12-24(26(25)30)36-14-13-35-3/h4-12,15,22,32,34H,13-14,16-17H2,1-3H3,(H2,31,33). The summed E-state index contributed by atoms with van der Waals surface area (Å²) in [6, 6.07) is 18.0. The van der Waals surface area contributed by atoms with E-state index in [4.69, 9.17) is 26.8 Å². The molecule has 0 fully saturated rings. The lowest BCUT2D eigenvalue weighted by Crippen LogP contribution is -2.36. The maximum absolute atomic E-state index is 15.7. The number of nitrogens with two attached hydrogens (primary N) is 1. The first-order chi connectivity index (χ1) is 17.1. The number of methoxy groups -OCH3 is 1. The molecule has 0 aliphatic carbocycles. The van der Waals surface area contributed by atoms with Crippen molar-refractivity contribution in [2.24, 2.45) is 5.73 Å². The number of nitrogens with one attached hydrogen (secondary N) is 1. The second-order valence-electron chi connectivity index (χ2n) is 9.15. The summed E-state index contributed by atoms with van der Waals surface area (Å²) >= 11 is 6.55. The van der Waals surface area contributed by atoms with Gasteiger partial charge in [0.05, 0.1) is 17.8 Å². The first kappa shape index (κ1) is 27.6. The molecule has 0 spiro atoms. The summed E-state index contributed by atoms with van der Waals surface area (Å²) in [6.45, 7) is 4.78. The lowest BCUT2D eigenvalue weighted by molar-refractivity contribution is 0.0798. The number of hydrogen-bond donors (Lipinski definition) is 3. The van der Waals surface area contributed by atoms with E-state index in [0.29, 0.717) is 18.7 Å². The fraction of sp³-hybridized carbons (Fsp3) is 0.321. The average Bonchev–Trinajstić information content (AvgIpc) is 2.83. The van der Waals surface area contributed by atoms with Gasteiger partial charge in [0, 0.05) is 42.3 Å². The summed E-state index contributed by atoms with van der Waals surface area (Å²) in [5.41, 5.74) is 6.92. The van der Waals surface area contributed by atoms with Gasteiger partial charge in [-0.05, 0) is 49.2 Å². The van der Waals surface area contributed by atoms with Crippen molar-refractivity contribution in [2.75, 3.05) is 33.4 Å². The first-order valence-corrected chi connectivity index (χ1v) is 12.0. The Morgan fingerprint density at radius 1 is 1.11 bits per heavy atom. The largest absolute Gasteiger partial charge is 0.488 e. The molecular formula is C28H32ClFN2O4. The smallest absolute Gasteiger partial charge is 0.249 e. The van der Waals surface area contributed by atoms with Crippen LogP contribution in [-0.2, 0) is 4.74 Å². The number of benzene rings is 3. The van der Waals surface area contributed by atoms with Crippen LogP contribution in [0.4, 0.5) is 4.39 Å². The van der Waals surface area contributed by atoms with Crippen LogP contribution < -0.4 is 15.8 Å². The molecule has 1 unspecified atom stereocenters. The molecule has 3 rings (SSSR count).